The van der Waals surface area contributed by atoms with Gasteiger partial charge in [-0.25, -0.2) is 0 Å². The van der Waals surface area contributed by atoms with Gasteiger partial charge in [0.25, 0.3) is 5.91 Å². The summed E-state index contributed by atoms with van der Waals surface area (Å²) in [5, 5.41) is 27.8. The highest BCUT2D eigenvalue weighted by Crippen LogP contribution is 2.67. The first-order chi connectivity index (χ1) is 18.7. The van der Waals surface area contributed by atoms with Crippen LogP contribution < -0.4 is 5.32 Å². The SMILES string of the molecule is CC1(C)C[C@@H]([C@@H](CC(=O)O)NC(=O)CO/N=C2/C=C3CC[C@H]4[C@H]5CC[C@](C)(O)[C@@]5(C)CC[C@@H]4[C@@]3(C)CC2)CCO1. The van der Waals surface area contributed by atoms with Gasteiger partial charge in [-0.3, -0.25) is 9.59 Å². The van der Waals surface area contributed by atoms with Crippen molar-refractivity contribution < 1.29 is 29.4 Å². The van der Waals surface area contributed by atoms with Gasteiger partial charge in [0.15, 0.2) is 6.61 Å². The number of hydrogen-bond donors (Lipinski definition) is 3. The minimum Gasteiger partial charge on any atom is -0.481 e. The molecule has 1 heterocycles. The third-order valence-electron chi connectivity index (χ3n) is 12.0. The molecule has 224 valence electrons. The maximum absolute atomic E-state index is 12.7. The van der Waals surface area contributed by atoms with Crippen LogP contribution >= 0.6 is 0 Å². The predicted molar refractivity (Wildman–Crippen MR) is 153 cm³/mol. The van der Waals surface area contributed by atoms with Crippen molar-refractivity contribution in [1.82, 2.24) is 5.32 Å². The molecule has 3 N–H and O–H groups in total. The molecule has 0 radical (unpaired) electrons. The molecule has 5 rings (SSSR count). The number of fused-ring (bicyclic) bond motifs is 5. The van der Waals surface area contributed by atoms with Crippen LogP contribution in [0.4, 0.5) is 0 Å². The van der Waals surface area contributed by atoms with E-state index >= 15 is 0 Å². The van der Waals surface area contributed by atoms with Crippen LogP contribution in [0.5, 0.6) is 0 Å². The average molecular weight is 559 g/mol. The third-order valence-corrected chi connectivity index (χ3v) is 12.0. The highest BCUT2D eigenvalue weighted by atomic mass is 16.6. The second kappa shape index (κ2) is 10.7. The molecule has 8 nitrogen and oxygen atoms in total. The van der Waals surface area contributed by atoms with Gasteiger partial charge in [-0.15, -0.1) is 0 Å². The first-order valence-corrected chi connectivity index (χ1v) is 15.5. The molecule has 0 spiro atoms. The van der Waals surface area contributed by atoms with Crippen LogP contribution in [0.15, 0.2) is 16.8 Å². The van der Waals surface area contributed by atoms with Gasteiger partial charge >= 0.3 is 5.97 Å². The summed E-state index contributed by atoms with van der Waals surface area (Å²) in [5.74, 6) is 0.699. The van der Waals surface area contributed by atoms with Crippen LogP contribution in [0.25, 0.3) is 0 Å². The first kappa shape index (κ1) is 29.6. The molecule has 4 aliphatic carbocycles. The standard InChI is InChI=1S/C32H50N2O6/c1-29(2)18-20(11-15-39-29)26(17-28(36)37)33-27(35)19-40-34-22-8-12-30(3)21(16-22)6-7-23-24(30)9-13-31(4)25(23)10-14-32(31,5)38/h16,20,23-26,38H,6-15,17-19H2,1-5H3,(H,33,35)(H,36,37)/b34-22+/t20-,23+,24-,25+,26+,30-,31-,32-/m0/s1. The van der Waals surface area contributed by atoms with Crippen molar-refractivity contribution in [1.29, 1.82) is 0 Å². The summed E-state index contributed by atoms with van der Waals surface area (Å²) in [7, 11) is 0. The van der Waals surface area contributed by atoms with Crippen LogP contribution in [-0.2, 0) is 19.2 Å². The van der Waals surface area contributed by atoms with Crippen LogP contribution in [0.2, 0.25) is 0 Å². The molecule has 0 bridgehead atoms. The highest BCUT2D eigenvalue weighted by molar-refractivity contribution is 5.96. The fourth-order valence-electron chi connectivity index (χ4n) is 9.45. The number of rotatable bonds is 7. The molecule has 0 unspecified atom stereocenters. The summed E-state index contributed by atoms with van der Waals surface area (Å²) in [6, 6.07) is -0.460. The lowest BCUT2D eigenvalue weighted by Gasteiger charge is -2.59. The Balaban J connectivity index is 1.19. The molecule has 40 heavy (non-hydrogen) atoms. The van der Waals surface area contributed by atoms with Gasteiger partial charge in [0.05, 0.1) is 23.3 Å². The number of amides is 1. The smallest absolute Gasteiger partial charge is 0.305 e. The molecule has 4 fully saturated rings. The van der Waals surface area contributed by atoms with E-state index in [1.165, 1.54) is 18.4 Å². The molecule has 1 aliphatic heterocycles. The molecule has 8 atom stereocenters. The summed E-state index contributed by atoms with van der Waals surface area (Å²) in [4.78, 5) is 29.7. The van der Waals surface area contributed by atoms with Crippen LogP contribution in [0.1, 0.15) is 105 Å². The number of carboxylic acid groups (broad SMARTS) is 1. The number of aliphatic carboxylic acids is 1. The average Bonchev–Trinajstić information content (AvgIpc) is 3.11. The van der Waals surface area contributed by atoms with Crippen molar-refractivity contribution >= 4 is 17.6 Å². The molecule has 0 aromatic carbocycles. The molecular weight excluding hydrogens is 508 g/mol. The number of nitrogens with zero attached hydrogens (tertiary/aromatic N) is 1. The second-order valence-corrected chi connectivity index (χ2v) is 14.8. The van der Waals surface area contributed by atoms with Gasteiger partial charge in [0.1, 0.15) is 0 Å². The Labute approximate surface area is 239 Å². The molecule has 1 amide bonds. The minimum atomic E-state index is -0.928. The zero-order chi connectivity index (χ0) is 28.9. The highest BCUT2D eigenvalue weighted by Gasteiger charge is 2.62. The van der Waals surface area contributed by atoms with E-state index in [0.717, 1.165) is 50.7 Å². The third kappa shape index (κ3) is 5.47. The van der Waals surface area contributed by atoms with Crippen molar-refractivity contribution in [3.8, 4) is 0 Å². The number of allylic oxidation sites excluding steroid dienone is 2. The van der Waals surface area contributed by atoms with E-state index < -0.39 is 17.6 Å². The lowest BCUT2D eigenvalue weighted by atomic mass is 9.46. The summed E-state index contributed by atoms with van der Waals surface area (Å²) >= 11 is 0. The number of oxime groups is 1. The Morgan fingerprint density at radius 3 is 2.55 bits per heavy atom. The number of carbonyl (C=O) groups is 2. The molecule has 0 aromatic rings. The van der Waals surface area contributed by atoms with Gasteiger partial charge in [0.2, 0.25) is 0 Å². The number of aliphatic hydroxyl groups is 1. The molecule has 3 saturated carbocycles. The number of carbonyl (C=O) groups excluding carboxylic acids is 1. The molecule has 0 aromatic heterocycles. The normalized spacial score (nSPS) is 42.1. The molecule has 1 saturated heterocycles. The Bertz CT molecular complexity index is 1070. The van der Waals surface area contributed by atoms with Crippen LogP contribution in [0, 0.1) is 34.5 Å². The van der Waals surface area contributed by atoms with Crippen LogP contribution in [-0.4, -0.2) is 58.3 Å². The number of ether oxygens (including phenoxy) is 1. The van der Waals surface area contributed by atoms with Gasteiger partial charge in [-0.05, 0) is 126 Å². The van der Waals surface area contributed by atoms with Gasteiger partial charge in [-0.1, -0.05) is 24.6 Å². The number of carboxylic acids is 1. The van der Waals surface area contributed by atoms with Gasteiger partial charge < -0.3 is 25.1 Å². The largest absolute Gasteiger partial charge is 0.481 e. The lowest BCUT2D eigenvalue weighted by Crippen LogP contribution is -2.53. The van der Waals surface area contributed by atoms with E-state index in [1.807, 2.05) is 13.8 Å². The van der Waals surface area contributed by atoms with Crippen molar-refractivity contribution in [3.05, 3.63) is 11.6 Å². The monoisotopic (exact) mass is 558 g/mol. The van der Waals surface area contributed by atoms with Gasteiger partial charge in [-0.2, -0.15) is 0 Å². The summed E-state index contributed by atoms with van der Waals surface area (Å²) < 4.78 is 5.77. The van der Waals surface area contributed by atoms with Crippen molar-refractivity contribution in [2.45, 2.75) is 122 Å². The molecular formula is C32H50N2O6. The Kier molecular flexibility index (Phi) is 7.92. The zero-order valence-corrected chi connectivity index (χ0v) is 25.1. The summed E-state index contributed by atoms with van der Waals surface area (Å²) in [5.41, 5.74) is 1.66. The number of nitrogens with one attached hydrogen (secondary N) is 1. The number of hydrogen-bond acceptors (Lipinski definition) is 6. The summed E-state index contributed by atoms with van der Waals surface area (Å²) in [6.45, 7) is 11.2. The van der Waals surface area contributed by atoms with E-state index in [-0.39, 0.29) is 41.3 Å². The Morgan fingerprint density at radius 2 is 1.82 bits per heavy atom. The van der Waals surface area contributed by atoms with Crippen molar-refractivity contribution in [2.75, 3.05) is 13.2 Å². The van der Waals surface area contributed by atoms with E-state index in [0.29, 0.717) is 30.8 Å². The fourth-order valence-corrected chi connectivity index (χ4v) is 9.45. The van der Waals surface area contributed by atoms with E-state index in [4.69, 9.17) is 9.57 Å². The lowest BCUT2D eigenvalue weighted by molar-refractivity contribution is -0.139. The van der Waals surface area contributed by atoms with Crippen molar-refractivity contribution in [2.24, 2.45) is 39.7 Å². The van der Waals surface area contributed by atoms with E-state index in [2.05, 4.69) is 37.3 Å². The predicted octanol–water partition coefficient (Wildman–Crippen LogP) is 5.24. The van der Waals surface area contributed by atoms with E-state index in [1.54, 1.807) is 0 Å². The quantitative estimate of drug-likeness (QED) is 0.368. The Hall–Kier alpha value is -1.93. The topological polar surface area (TPSA) is 117 Å². The maximum atomic E-state index is 12.7. The minimum absolute atomic E-state index is 0.0336. The van der Waals surface area contributed by atoms with Crippen molar-refractivity contribution in [3.63, 3.8) is 0 Å². The van der Waals surface area contributed by atoms with Crippen LogP contribution in [0.3, 0.4) is 0 Å². The second-order valence-electron chi connectivity index (χ2n) is 14.8. The molecule has 5 aliphatic rings. The molecule has 8 heteroatoms. The maximum Gasteiger partial charge on any atom is 0.305 e. The fraction of sp³-hybridized carbons (Fsp3) is 0.844. The Morgan fingerprint density at radius 1 is 1.07 bits per heavy atom. The summed E-state index contributed by atoms with van der Waals surface area (Å²) in [6.07, 6.45) is 11.9. The first-order valence-electron chi connectivity index (χ1n) is 15.5. The zero-order valence-electron chi connectivity index (χ0n) is 25.1. The van der Waals surface area contributed by atoms with Gasteiger partial charge in [0, 0.05) is 12.6 Å². The van der Waals surface area contributed by atoms with E-state index in [9.17, 15) is 19.8 Å².